The molecule has 0 fully saturated rings. The molecule has 0 aliphatic heterocycles. The van der Waals surface area contributed by atoms with Crippen LogP contribution in [-0.4, -0.2) is 25.9 Å². The molecule has 0 amide bonds. The van der Waals surface area contributed by atoms with Crippen molar-refractivity contribution in [2.75, 3.05) is 6.54 Å². The molecule has 0 aliphatic rings. The maximum atomic E-state index is 12.4. The highest BCUT2D eigenvalue weighted by molar-refractivity contribution is 7.90. The average molecular weight is 371 g/mol. The maximum Gasteiger partial charge on any atom is 0.356 e. The number of fused-ring (bicyclic) bond motifs is 1. The van der Waals surface area contributed by atoms with Gasteiger partial charge in [0.1, 0.15) is 4.90 Å². The third kappa shape index (κ3) is 3.88. The van der Waals surface area contributed by atoms with E-state index in [1.807, 2.05) is 38.2 Å². The van der Waals surface area contributed by atoms with Crippen molar-refractivity contribution in [3.8, 4) is 0 Å². The number of guanidine groups is 1. The van der Waals surface area contributed by atoms with Gasteiger partial charge in [-0.05, 0) is 48.7 Å². The number of aromatic amines is 1. The highest BCUT2D eigenvalue weighted by Crippen LogP contribution is 2.17. The molecule has 26 heavy (non-hydrogen) atoms. The van der Waals surface area contributed by atoms with Gasteiger partial charge in [0.15, 0.2) is 0 Å². The molecule has 5 N–H and O–H groups in total. The maximum absolute atomic E-state index is 12.4. The summed E-state index contributed by atoms with van der Waals surface area (Å²) in [7, 11) is -3.70. The number of rotatable bonds is 5. The molecule has 0 unspecified atom stereocenters. The van der Waals surface area contributed by atoms with Crippen molar-refractivity contribution >= 4 is 26.9 Å². The summed E-state index contributed by atoms with van der Waals surface area (Å²) in [6, 6.07) is 13.0. The first kappa shape index (κ1) is 18.0. The van der Waals surface area contributed by atoms with Gasteiger partial charge in [0.2, 0.25) is 0 Å². The van der Waals surface area contributed by atoms with Crippen LogP contribution in [-0.2, 0) is 16.4 Å². The smallest absolute Gasteiger partial charge is 0.356 e. The van der Waals surface area contributed by atoms with Crippen LogP contribution in [0.3, 0.4) is 0 Å². The van der Waals surface area contributed by atoms with Crippen molar-refractivity contribution in [2.45, 2.75) is 25.2 Å². The van der Waals surface area contributed by atoms with Crippen LogP contribution >= 0.6 is 0 Å². The van der Waals surface area contributed by atoms with Crippen LogP contribution in [0.2, 0.25) is 0 Å². The summed E-state index contributed by atoms with van der Waals surface area (Å²) in [5.74, 6) is 0.0167. The van der Waals surface area contributed by atoms with Gasteiger partial charge in [-0.15, -0.1) is 0 Å². The fourth-order valence-electron chi connectivity index (χ4n) is 2.79. The Hall–Kier alpha value is -2.80. The van der Waals surface area contributed by atoms with E-state index in [4.69, 9.17) is 5.73 Å². The molecule has 0 atom stereocenters. The summed E-state index contributed by atoms with van der Waals surface area (Å²) < 4.78 is 27.2. The van der Waals surface area contributed by atoms with Crippen LogP contribution in [0.25, 0.3) is 10.9 Å². The first-order chi connectivity index (χ1) is 12.4. The number of aromatic nitrogens is 1. The first-order valence-electron chi connectivity index (χ1n) is 8.38. The third-order valence-electron chi connectivity index (χ3n) is 4.42. The van der Waals surface area contributed by atoms with E-state index in [0.717, 1.165) is 34.0 Å². The molecule has 136 valence electrons. The SMILES string of the molecule is Cc1ccc(S(=O)(=O)NC(N)=[NH+]CCc2c[nH]c3ccccc23)cc1C. The monoisotopic (exact) mass is 371 g/mol. The molecule has 3 aromatic rings. The molecule has 0 spiro atoms. The fraction of sp³-hybridized carbons (Fsp3) is 0.211. The molecule has 2 aromatic carbocycles. The highest BCUT2D eigenvalue weighted by atomic mass is 32.2. The summed E-state index contributed by atoms with van der Waals surface area (Å²) >= 11 is 0. The molecule has 0 saturated carbocycles. The lowest BCUT2D eigenvalue weighted by Gasteiger charge is -2.05. The molecule has 3 rings (SSSR count). The zero-order chi connectivity index (χ0) is 18.7. The van der Waals surface area contributed by atoms with E-state index >= 15 is 0 Å². The second-order valence-corrected chi connectivity index (χ2v) is 7.98. The van der Waals surface area contributed by atoms with Crippen LogP contribution in [0.5, 0.6) is 0 Å². The Kier molecular flexibility index (Phi) is 4.99. The Bertz CT molecular complexity index is 1070. The molecule has 0 bridgehead atoms. The van der Waals surface area contributed by atoms with Crippen molar-refractivity contribution in [3.63, 3.8) is 0 Å². The normalized spacial score (nSPS) is 12.5. The summed E-state index contributed by atoms with van der Waals surface area (Å²) in [6.45, 7) is 4.33. The van der Waals surface area contributed by atoms with E-state index in [1.54, 1.807) is 18.2 Å². The van der Waals surface area contributed by atoms with E-state index < -0.39 is 10.0 Å². The average Bonchev–Trinajstić information content (AvgIpc) is 3.00. The Morgan fingerprint density at radius 2 is 1.92 bits per heavy atom. The summed E-state index contributed by atoms with van der Waals surface area (Å²) in [4.78, 5) is 6.34. The van der Waals surface area contributed by atoms with Crippen LogP contribution in [0, 0.1) is 13.8 Å². The number of nitrogens with two attached hydrogens (primary N) is 1. The minimum Gasteiger partial charge on any atom is -0.361 e. The van der Waals surface area contributed by atoms with E-state index in [0.29, 0.717) is 6.54 Å². The topological polar surface area (TPSA) is 102 Å². The summed E-state index contributed by atoms with van der Waals surface area (Å²) in [5, 5.41) is 1.16. The molecule has 0 radical (unpaired) electrons. The van der Waals surface area contributed by atoms with Gasteiger partial charge in [-0.1, -0.05) is 24.3 Å². The molecular formula is C19H23N4O2S+. The minimum atomic E-state index is -3.70. The van der Waals surface area contributed by atoms with Crippen LogP contribution < -0.4 is 15.4 Å². The second-order valence-electron chi connectivity index (χ2n) is 6.30. The zero-order valence-electron chi connectivity index (χ0n) is 14.8. The fourth-order valence-corrected chi connectivity index (χ4v) is 3.85. The van der Waals surface area contributed by atoms with Crippen LogP contribution in [0.1, 0.15) is 16.7 Å². The zero-order valence-corrected chi connectivity index (χ0v) is 15.7. The number of para-hydroxylation sites is 1. The third-order valence-corrected chi connectivity index (χ3v) is 5.78. The number of hydrogen-bond donors (Lipinski definition) is 4. The molecule has 1 aromatic heterocycles. The highest BCUT2D eigenvalue weighted by Gasteiger charge is 2.19. The lowest BCUT2D eigenvalue weighted by molar-refractivity contribution is -0.458. The standard InChI is InChI=1S/C19H22N4O2S/c1-13-7-8-16(11-14(13)2)26(24,25)23-19(20)21-10-9-15-12-22-18-6-4-3-5-17(15)18/h3-8,11-12,22H,9-10H2,1-2H3,(H3,20,21,23)/p+1. The number of H-pyrrole nitrogens is 1. The second kappa shape index (κ2) is 7.21. The van der Waals surface area contributed by atoms with Gasteiger partial charge in [-0.2, -0.15) is 13.1 Å². The van der Waals surface area contributed by atoms with Gasteiger partial charge in [-0.25, -0.2) is 0 Å². The quantitative estimate of drug-likeness (QED) is 0.392. The van der Waals surface area contributed by atoms with Crippen molar-refractivity contribution in [1.29, 1.82) is 0 Å². The number of nitrogens with one attached hydrogen (secondary N) is 3. The minimum absolute atomic E-state index is 0.0167. The number of benzene rings is 2. The lowest BCUT2D eigenvalue weighted by Crippen LogP contribution is -2.79. The van der Waals surface area contributed by atoms with E-state index in [2.05, 4.69) is 20.8 Å². The van der Waals surface area contributed by atoms with Crippen molar-refractivity contribution < 1.29 is 13.4 Å². The molecule has 6 nitrogen and oxygen atoms in total. The first-order valence-corrected chi connectivity index (χ1v) is 9.86. The van der Waals surface area contributed by atoms with Gasteiger partial charge in [-0.3, -0.25) is 10.7 Å². The predicted octanol–water partition coefficient (Wildman–Crippen LogP) is 0.701. The number of hydrogen-bond acceptors (Lipinski definition) is 2. The molecule has 0 aliphatic carbocycles. The van der Waals surface area contributed by atoms with Crippen molar-refractivity contribution in [3.05, 3.63) is 65.4 Å². The molecule has 7 heteroatoms. The summed E-state index contributed by atoms with van der Waals surface area (Å²) in [6.07, 6.45) is 2.68. The Morgan fingerprint density at radius 1 is 1.15 bits per heavy atom. The molecular weight excluding hydrogens is 348 g/mol. The van der Waals surface area contributed by atoms with Crippen molar-refractivity contribution in [1.82, 2.24) is 9.71 Å². The Labute approximate surface area is 153 Å². The Balaban J connectivity index is 1.67. The molecule has 1 heterocycles. The lowest BCUT2D eigenvalue weighted by atomic mass is 10.1. The Morgan fingerprint density at radius 3 is 2.69 bits per heavy atom. The van der Waals surface area contributed by atoms with E-state index in [1.165, 1.54) is 0 Å². The number of sulfonamides is 1. The van der Waals surface area contributed by atoms with Crippen molar-refractivity contribution in [2.24, 2.45) is 5.73 Å². The molecule has 0 saturated heterocycles. The van der Waals surface area contributed by atoms with Crippen LogP contribution in [0.4, 0.5) is 0 Å². The van der Waals surface area contributed by atoms with Crippen LogP contribution in [0.15, 0.2) is 53.6 Å². The van der Waals surface area contributed by atoms with Gasteiger partial charge in [0, 0.05) is 23.5 Å². The van der Waals surface area contributed by atoms with Gasteiger partial charge < -0.3 is 4.98 Å². The largest absolute Gasteiger partial charge is 0.361 e. The van der Waals surface area contributed by atoms with Gasteiger partial charge in [0.05, 0.1) is 6.54 Å². The summed E-state index contributed by atoms with van der Waals surface area (Å²) in [5.41, 5.74) is 10.0. The predicted molar refractivity (Wildman–Crippen MR) is 103 cm³/mol. The van der Waals surface area contributed by atoms with E-state index in [-0.39, 0.29) is 10.9 Å². The van der Waals surface area contributed by atoms with E-state index in [9.17, 15) is 8.42 Å². The van der Waals surface area contributed by atoms with Gasteiger partial charge >= 0.3 is 16.0 Å². The number of aryl methyl sites for hydroxylation is 2. The van der Waals surface area contributed by atoms with Gasteiger partial charge in [0.25, 0.3) is 0 Å².